The zero-order valence-corrected chi connectivity index (χ0v) is 18.6. The number of rotatable bonds is 7. The average Bonchev–Trinajstić information content (AvgIpc) is 2.84. The molecule has 1 heterocycles. The number of esters is 1. The van der Waals surface area contributed by atoms with Crippen molar-refractivity contribution in [3.8, 4) is 23.3 Å². The van der Waals surface area contributed by atoms with Crippen molar-refractivity contribution in [3.05, 3.63) is 101 Å². The van der Waals surface area contributed by atoms with Crippen molar-refractivity contribution in [1.82, 2.24) is 0 Å². The molecule has 7 heteroatoms. The van der Waals surface area contributed by atoms with Crippen molar-refractivity contribution in [2.75, 3.05) is 6.61 Å². The zero-order chi connectivity index (χ0) is 24.1. The second kappa shape index (κ2) is 10.1. The molecule has 0 amide bonds. The number of unbranched alkanes of at least 4 members (excludes halogenated alkanes) is 1. The van der Waals surface area contributed by atoms with Crippen molar-refractivity contribution in [2.24, 2.45) is 5.73 Å². The lowest BCUT2D eigenvalue weighted by atomic mass is 9.83. The molecule has 2 N–H and O–H groups in total. The van der Waals surface area contributed by atoms with E-state index in [4.69, 9.17) is 19.9 Å². The van der Waals surface area contributed by atoms with Crippen molar-refractivity contribution in [3.63, 3.8) is 0 Å². The third-order valence-electron chi connectivity index (χ3n) is 5.45. The van der Waals surface area contributed by atoms with Gasteiger partial charge in [0.05, 0.1) is 18.1 Å². The van der Waals surface area contributed by atoms with Gasteiger partial charge in [-0.1, -0.05) is 43.7 Å². The summed E-state index contributed by atoms with van der Waals surface area (Å²) in [5.74, 6) is -0.791. The topological polar surface area (TPSA) is 94.6 Å². The number of nitrogens with zero attached hydrogens (tertiary/aromatic N) is 1. The summed E-state index contributed by atoms with van der Waals surface area (Å²) in [7, 11) is 0. The fourth-order valence-electron chi connectivity index (χ4n) is 3.74. The molecule has 34 heavy (non-hydrogen) atoms. The van der Waals surface area contributed by atoms with Crippen molar-refractivity contribution >= 4 is 5.97 Å². The first-order valence-corrected chi connectivity index (χ1v) is 10.9. The lowest BCUT2D eigenvalue weighted by molar-refractivity contribution is 0.0734. The van der Waals surface area contributed by atoms with Gasteiger partial charge >= 0.3 is 5.97 Å². The molecule has 6 nitrogen and oxygen atoms in total. The third-order valence-corrected chi connectivity index (χ3v) is 5.45. The van der Waals surface area contributed by atoms with Crippen LogP contribution in [0.5, 0.6) is 17.2 Å². The minimum Gasteiger partial charge on any atom is -0.494 e. The van der Waals surface area contributed by atoms with E-state index >= 15 is 0 Å². The van der Waals surface area contributed by atoms with Crippen LogP contribution in [0.15, 0.2) is 78.2 Å². The van der Waals surface area contributed by atoms with Gasteiger partial charge in [0.2, 0.25) is 5.88 Å². The van der Waals surface area contributed by atoms with E-state index in [0.29, 0.717) is 29.0 Å². The lowest BCUT2D eigenvalue weighted by Crippen LogP contribution is -2.21. The van der Waals surface area contributed by atoms with Gasteiger partial charge in [-0.25, -0.2) is 9.18 Å². The summed E-state index contributed by atoms with van der Waals surface area (Å²) < 4.78 is 31.4. The number of carbonyl (C=O) groups is 1. The predicted octanol–water partition coefficient (Wildman–Crippen LogP) is 5.44. The molecule has 0 bridgehead atoms. The van der Waals surface area contributed by atoms with E-state index in [0.717, 1.165) is 12.8 Å². The molecule has 0 aliphatic carbocycles. The van der Waals surface area contributed by atoms with Gasteiger partial charge in [-0.2, -0.15) is 5.26 Å². The molecule has 172 valence electrons. The Bertz CT molecular complexity index is 1300. The van der Waals surface area contributed by atoms with Crippen LogP contribution in [0.1, 0.15) is 47.2 Å². The molecule has 1 aliphatic heterocycles. The molecule has 4 rings (SSSR count). The molecule has 0 radical (unpaired) electrons. The maximum absolute atomic E-state index is 14.6. The first kappa shape index (κ1) is 22.9. The first-order valence-electron chi connectivity index (χ1n) is 10.9. The van der Waals surface area contributed by atoms with Crippen LogP contribution in [-0.2, 0) is 0 Å². The second-order valence-corrected chi connectivity index (χ2v) is 7.77. The summed E-state index contributed by atoms with van der Waals surface area (Å²) in [6, 6.07) is 19.7. The molecule has 3 aromatic rings. The Balaban J connectivity index is 1.60. The van der Waals surface area contributed by atoms with Gasteiger partial charge in [-0.3, -0.25) is 0 Å². The van der Waals surface area contributed by atoms with Gasteiger partial charge in [-0.15, -0.1) is 0 Å². The molecule has 1 aliphatic rings. The molecule has 0 saturated heterocycles. The highest BCUT2D eigenvalue weighted by molar-refractivity contribution is 5.91. The van der Waals surface area contributed by atoms with Gasteiger partial charge in [0, 0.05) is 17.2 Å². The predicted molar refractivity (Wildman–Crippen MR) is 124 cm³/mol. The number of hydrogen-bond donors (Lipinski definition) is 1. The van der Waals surface area contributed by atoms with Crippen molar-refractivity contribution in [2.45, 2.75) is 25.7 Å². The highest BCUT2D eigenvalue weighted by Gasteiger charge is 2.32. The number of hydrogen-bond acceptors (Lipinski definition) is 6. The number of allylic oxidation sites excluding steroid dienone is 1. The molecule has 0 fully saturated rings. The Morgan fingerprint density at radius 3 is 2.68 bits per heavy atom. The average molecular weight is 458 g/mol. The van der Waals surface area contributed by atoms with Crippen molar-refractivity contribution in [1.29, 1.82) is 5.26 Å². The Kier molecular flexibility index (Phi) is 6.79. The van der Waals surface area contributed by atoms with Gasteiger partial charge in [0.25, 0.3) is 0 Å². The van der Waals surface area contributed by atoms with E-state index in [-0.39, 0.29) is 23.0 Å². The Labute approximate surface area is 197 Å². The number of nitrogens with two attached hydrogens (primary N) is 1. The van der Waals surface area contributed by atoms with Gasteiger partial charge < -0.3 is 19.9 Å². The maximum Gasteiger partial charge on any atom is 0.343 e. The highest BCUT2D eigenvalue weighted by Crippen LogP contribution is 2.44. The minimum absolute atomic E-state index is 0.113. The van der Waals surface area contributed by atoms with Crippen LogP contribution in [0, 0.1) is 17.1 Å². The SMILES string of the molecule is CCCCOc1cccc(C(=O)Oc2ccc3c(c2)OC(N)=C(C#N)C3c2ccccc2F)c1. The number of benzene rings is 3. The van der Waals surface area contributed by atoms with Crippen LogP contribution in [-0.4, -0.2) is 12.6 Å². The summed E-state index contributed by atoms with van der Waals surface area (Å²) in [5.41, 5.74) is 7.28. The van der Waals surface area contributed by atoms with Gasteiger partial charge in [0.1, 0.15) is 34.7 Å². The molecule has 3 aromatic carbocycles. The lowest BCUT2D eigenvalue weighted by Gasteiger charge is -2.27. The van der Waals surface area contributed by atoms with E-state index in [1.165, 1.54) is 12.1 Å². The Hall–Kier alpha value is -4.31. The summed E-state index contributed by atoms with van der Waals surface area (Å²) in [6.07, 6.45) is 1.93. The smallest absolute Gasteiger partial charge is 0.343 e. The van der Waals surface area contributed by atoms with E-state index < -0.39 is 17.7 Å². The molecule has 0 saturated carbocycles. The van der Waals surface area contributed by atoms with Crippen LogP contribution >= 0.6 is 0 Å². The number of nitriles is 1. The van der Waals surface area contributed by atoms with Crippen LogP contribution < -0.4 is 19.9 Å². The third kappa shape index (κ3) is 4.71. The van der Waals surface area contributed by atoms with E-state index in [2.05, 4.69) is 6.92 Å². The normalized spacial score (nSPS) is 14.6. The monoisotopic (exact) mass is 458 g/mol. The fourth-order valence-corrected chi connectivity index (χ4v) is 3.74. The Morgan fingerprint density at radius 1 is 1.09 bits per heavy atom. The number of halogens is 1. The number of ether oxygens (including phenoxy) is 3. The number of fused-ring (bicyclic) bond motifs is 1. The molecule has 0 spiro atoms. The van der Waals surface area contributed by atoms with Crippen LogP contribution in [0.4, 0.5) is 4.39 Å². The quantitative estimate of drug-likeness (QED) is 0.288. The number of carbonyl (C=O) groups excluding carboxylic acids is 1. The van der Waals surface area contributed by atoms with Crippen LogP contribution in [0.25, 0.3) is 0 Å². The van der Waals surface area contributed by atoms with E-state index in [1.807, 2.05) is 6.07 Å². The van der Waals surface area contributed by atoms with Gasteiger partial charge in [-0.05, 0) is 36.8 Å². The summed E-state index contributed by atoms with van der Waals surface area (Å²) in [5, 5.41) is 9.63. The highest BCUT2D eigenvalue weighted by atomic mass is 19.1. The standard InChI is InChI=1S/C27H23FN2O4/c1-2-3-13-32-18-8-6-7-17(14-18)27(31)33-19-11-12-21-24(15-19)34-26(30)22(16-29)25(21)20-9-4-5-10-23(20)28/h4-12,14-15,25H,2-3,13,30H2,1H3. The summed E-state index contributed by atoms with van der Waals surface area (Å²) in [4.78, 5) is 12.7. The van der Waals surface area contributed by atoms with Crippen LogP contribution in [0.2, 0.25) is 0 Å². The largest absolute Gasteiger partial charge is 0.494 e. The molecule has 1 unspecified atom stereocenters. The zero-order valence-electron chi connectivity index (χ0n) is 18.6. The summed E-state index contributed by atoms with van der Waals surface area (Å²) in [6.45, 7) is 2.64. The first-order chi connectivity index (χ1) is 16.5. The molecule has 0 aromatic heterocycles. The second-order valence-electron chi connectivity index (χ2n) is 7.77. The maximum atomic E-state index is 14.6. The van der Waals surface area contributed by atoms with Crippen LogP contribution in [0.3, 0.4) is 0 Å². The Morgan fingerprint density at radius 2 is 1.91 bits per heavy atom. The molecular weight excluding hydrogens is 435 g/mol. The summed E-state index contributed by atoms with van der Waals surface area (Å²) >= 11 is 0. The van der Waals surface area contributed by atoms with E-state index in [1.54, 1.807) is 54.6 Å². The molecule has 1 atom stereocenters. The van der Waals surface area contributed by atoms with Crippen molar-refractivity contribution < 1.29 is 23.4 Å². The molecular formula is C27H23FN2O4. The van der Waals surface area contributed by atoms with E-state index in [9.17, 15) is 14.4 Å². The fraction of sp³-hybridized carbons (Fsp3) is 0.185. The van der Waals surface area contributed by atoms with Gasteiger partial charge in [0.15, 0.2) is 0 Å². The minimum atomic E-state index is -0.739.